The molecule has 0 aliphatic carbocycles. The van der Waals surface area contributed by atoms with Crippen molar-refractivity contribution < 1.29 is 4.74 Å². The Morgan fingerprint density at radius 1 is 1.32 bits per heavy atom. The largest absolute Gasteiger partial charge is 0.436 e. The van der Waals surface area contributed by atoms with Gasteiger partial charge in [-0.25, -0.2) is 4.98 Å². The second-order valence-corrected chi connectivity index (χ2v) is 4.34. The topological polar surface area (TPSA) is 52.0 Å². The Morgan fingerprint density at radius 2 is 2.16 bits per heavy atom. The number of ether oxygens (including phenoxy) is 1. The van der Waals surface area contributed by atoms with E-state index in [0.29, 0.717) is 17.7 Å². The molecule has 0 spiro atoms. The standard InChI is InChI=1S/C14H20N4O/c1-4-15-11(3)12-6-7-14(16-8-12)19-13-9-17-18(5-2)10-13/h6-11,15H,4-5H2,1-3H3. The summed E-state index contributed by atoms with van der Waals surface area (Å²) in [5.74, 6) is 1.30. The smallest absolute Gasteiger partial charge is 0.219 e. The predicted molar refractivity (Wildman–Crippen MR) is 74.3 cm³/mol. The summed E-state index contributed by atoms with van der Waals surface area (Å²) in [7, 11) is 0. The summed E-state index contributed by atoms with van der Waals surface area (Å²) < 4.78 is 7.46. The second-order valence-electron chi connectivity index (χ2n) is 4.34. The molecule has 1 unspecified atom stereocenters. The number of pyridine rings is 1. The number of nitrogens with zero attached hydrogens (tertiary/aromatic N) is 3. The molecule has 1 atom stereocenters. The molecule has 2 rings (SSSR count). The lowest BCUT2D eigenvalue weighted by molar-refractivity contribution is 0.460. The van der Waals surface area contributed by atoms with Crippen molar-refractivity contribution in [3.05, 3.63) is 36.3 Å². The Bertz CT molecular complexity index is 506. The van der Waals surface area contributed by atoms with E-state index in [4.69, 9.17) is 4.74 Å². The number of aromatic nitrogens is 3. The van der Waals surface area contributed by atoms with Gasteiger partial charge in [0.2, 0.25) is 5.88 Å². The lowest BCUT2D eigenvalue weighted by atomic mass is 10.1. The highest BCUT2D eigenvalue weighted by Gasteiger charge is 2.06. The first-order chi connectivity index (χ1) is 9.22. The normalized spacial score (nSPS) is 12.4. The van der Waals surface area contributed by atoms with Gasteiger partial charge in [0.1, 0.15) is 0 Å². The van der Waals surface area contributed by atoms with Crippen LogP contribution in [0.5, 0.6) is 11.6 Å². The highest BCUT2D eigenvalue weighted by molar-refractivity contribution is 5.25. The summed E-state index contributed by atoms with van der Waals surface area (Å²) in [5, 5.41) is 7.50. The molecule has 0 saturated heterocycles. The number of hydrogen-bond donors (Lipinski definition) is 1. The molecule has 5 nitrogen and oxygen atoms in total. The van der Waals surface area contributed by atoms with Gasteiger partial charge in [-0.15, -0.1) is 0 Å². The van der Waals surface area contributed by atoms with E-state index in [0.717, 1.165) is 18.7 Å². The third-order valence-corrected chi connectivity index (χ3v) is 2.93. The molecule has 0 aliphatic heterocycles. The van der Waals surface area contributed by atoms with E-state index in [9.17, 15) is 0 Å². The third kappa shape index (κ3) is 3.54. The molecule has 5 heteroatoms. The van der Waals surface area contributed by atoms with E-state index >= 15 is 0 Å². The lowest BCUT2D eigenvalue weighted by Gasteiger charge is -2.12. The van der Waals surface area contributed by atoms with E-state index in [1.165, 1.54) is 0 Å². The van der Waals surface area contributed by atoms with Gasteiger partial charge < -0.3 is 10.1 Å². The van der Waals surface area contributed by atoms with Crippen LogP contribution in [-0.4, -0.2) is 21.3 Å². The van der Waals surface area contributed by atoms with Crippen LogP contribution < -0.4 is 10.1 Å². The maximum Gasteiger partial charge on any atom is 0.219 e. The molecule has 0 aliphatic rings. The molecule has 2 aromatic rings. The average molecular weight is 260 g/mol. The van der Waals surface area contributed by atoms with E-state index in [1.54, 1.807) is 6.20 Å². The molecule has 0 fully saturated rings. The summed E-state index contributed by atoms with van der Waals surface area (Å²) >= 11 is 0. The quantitative estimate of drug-likeness (QED) is 0.867. The van der Waals surface area contributed by atoms with Gasteiger partial charge in [0.15, 0.2) is 5.75 Å². The molecule has 102 valence electrons. The average Bonchev–Trinajstić information content (AvgIpc) is 2.87. The molecule has 2 aromatic heterocycles. The molecule has 0 bridgehead atoms. The van der Waals surface area contributed by atoms with Crippen molar-refractivity contribution in [1.82, 2.24) is 20.1 Å². The summed E-state index contributed by atoms with van der Waals surface area (Å²) in [4.78, 5) is 4.31. The van der Waals surface area contributed by atoms with Crippen molar-refractivity contribution in [2.45, 2.75) is 33.4 Å². The van der Waals surface area contributed by atoms with Crippen molar-refractivity contribution in [3.63, 3.8) is 0 Å². The first-order valence-electron chi connectivity index (χ1n) is 6.62. The van der Waals surface area contributed by atoms with Crippen LogP contribution in [0.15, 0.2) is 30.7 Å². The van der Waals surface area contributed by atoms with Gasteiger partial charge in [0.25, 0.3) is 0 Å². The van der Waals surface area contributed by atoms with Crippen LogP contribution in [0.25, 0.3) is 0 Å². The Hall–Kier alpha value is -1.88. The van der Waals surface area contributed by atoms with E-state index in [2.05, 4.69) is 29.2 Å². The summed E-state index contributed by atoms with van der Waals surface area (Å²) in [6.45, 7) is 8.01. The lowest BCUT2D eigenvalue weighted by Crippen LogP contribution is -2.17. The fourth-order valence-corrected chi connectivity index (χ4v) is 1.82. The highest BCUT2D eigenvalue weighted by Crippen LogP contribution is 2.20. The number of aryl methyl sites for hydroxylation is 1. The molecule has 0 amide bonds. The molecule has 0 aromatic carbocycles. The van der Waals surface area contributed by atoms with Crippen molar-refractivity contribution >= 4 is 0 Å². The fourth-order valence-electron chi connectivity index (χ4n) is 1.82. The predicted octanol–water partition coefficient (Wildman–Crippen LogP) is 2.76. The van der Waals surface area contributed by atoms with Crippen molar-refractivity contribution in [3.8, 4) is 11.6 Å². The van der Waals surface area contributed by atoms with Gasteiger partial charge in [-0.3, -0.25) is 4.68 Å². The monoisotopic (exact) mass is 260 g/mol. The molecular formula is C14H20N4O. The van der Waals surface area contributed by atoms with Crippen LogP contribution >= 0.6 is 0 Å². The minimum Gasteiger partial charge on any atom is -0.436 e. The molecular weight excluding hydrogens is 240 g/mol. The first kappa shape index (κ1) is 13.5. The summed E-state index contributed by atoms with van der Waals surface area (Å²) in [6, 6.07) is 4.21. The van der Waals surface area contributed by atoms with Gasteiger partial charge in [0.05, 0.1) is 12.4 Å². The minimum atomic E-state index is 0.300. The molecule has 19 heavy (non-hydrogen) atoms. The Kier molecular flexibility index (Phi) is 4.52. The minimum absolute atomic E-state index is 0.300. The Labute approximate surface area is 113 Å². The molecule has 0 radical (unpaired) electrons. The van der Waals surface area contributed by atoms with Crippen LogP contribution in [0.3, 0.4) is 0 Å². The van der Waals surface area contributed by atoms with Crippen LogP contribution in [0.1, 0.15) is 32.4 Å². The SMILES string of the molecule is CCNC(C)c1ccc(Oc2cnn(CC)c2)nc1. The molecule has 0 saturated carbocycles. The zero-order valence-electron chi connectivity index (χ0n) is 11.6. The van der Waals surface area contributed by atoms with Crippen LogP contribution in [0, 0.1) is 0 Å². The van der Waals surface area contributed by atoms with Gasteiger partial charge in [-0.2, -0.15) is 5.10 Å². The summed E-state index contributed by atoms with van der Waals surface area (Å²) in [5.41, 5.74) is 1.15. The van der Waals surface area contributed by atoms with Gasteiger partial charge >= 0.3 is 0 Å². The van der Waals surface area contributed by atoms with Gasteiger partial charge in [-0.05, 0) is 26.0 Å². The van der Waals surface area contributed by atoms with Crippen LogP contribution in [0.4, 0.5) is 0 Å². The van der Waals surface area contributed by atoms with Gasteiger partial charge in [-0.1, -0.05) is 13.0 Å². The molecule has 1 N–H and O–H groups in total. The Morgan fingerprint density at radius 3 is 2.74 bits per heavy atom. The first-order valence-corrected chi connectivity index (χ1v) is 6.62. The van der Waals surface area contributed by atoms with Crippen molar-refractivity contribution in [2.24, 2.45) is 0 Å². The second kappa shape index (κ2) is 6.33. The summed E-state index contributed by atoms with van der Waals surface area (Å²) in [6.07, 6.45) is 5.39. The maximum atomic E-state index is 5.64. The highest BCUT2D eigenvalue weighted by atomic mass is 16.5. The van der Waals surface area contributed by atoms with Crippen LogP contribution in [-0.2, 0) is 6.54 Å². The number of rotatable bonds is 6. The van der Waals surface area contributed by atoms with E-state index in [-0.39, 0.29) is 0 Å². The zero-order valence-corrected chi connectivity index (χ0v) is 11.6. The van der Waals surface area contributed by atoms with E-state index in [1.807, 2.05) is 36.1 Å². The van der Waals surface area contributed by atoms with E-state index < -0.39 is 0 Å². The zero-order chi connectivity index (χ0) is 13.7. The van der Waals surface area contributed by atoms with Crippen molar-refractivity contribution in [1.29, 1.82) is 0 Å². The third-order valence-electron chi connectivity index (χ3n) is 2.93. The Balaban J connectivity index is 2.02. The maximum absolute atomic E-state index is 5.64. The fraction of sp³-hybridized carbons (Fsp3) is 0.429. The number of hydrogen-bond acceptors (Lipinski definition) is 4. The number of nitrogens with one attached hydrogen (secondary N) is 1. The molecule has 2 heterocycles. The van der Waals surface area contributed by atoms with Crippen molar-refractivity contribution in [2.75, 3.05) is 6.54 Å². The van der Waals surface area contributed by atoms with Gasteiger partial charge in [0, 0.05) is 24.8 Å². The van der Waals surface area contributed by atoms with Crippen LogP contribution in [0.2, 0.25) is 0 Å².